The normalized spacial score (nSPS) is 23.1. The monoisotopic (exact) mass is 345 g/mol. The number of amides is 2. The quantitative estimate of drug-likeness (QED) is 0.855. The molecule has 2 aliphatic heterocycles. The fraction of sp³-hybridized carbons (Fsp3) is 0.579. The van der Waals surface area contributed by atoms with Crippen molar-refractivity contribution in [3.05, 3.63) is 35.9 Å². The number of likely N-dealkylation sites (tertiary alicyclic amines) is 1. The molecule has 2 aliphatic rings. The number of hydrogen-bond acceptors (Lipinski definition) is 4. The number of β-amino-alcohol motifs (C(OH)–C–C–N with tert-alkyl or cyclic N) is 1. The molecule has 0 spiro atoms. The molecule has 0 radical (unpaired) electrons. The SMILES string of the molecule is CCN1C[C@H](C(=O)N2CCN(C[C@H](O)c3ccccc3)CC2)CC1=O. The van der Waals surface area contributed by atoms with Gasteiger partial charge in [0, 0.05) is 52.2 Å². The Morgan fingerprint density at radius 1 is 1.20 bits per heavy atom. The van der Waals surface area contributed by atoms with E-state index >= 15 is 0 Å². The van der Waals surface area contributed by atoms with Gasteiger partial charge in [0.25, 0.3) is 0 Å². The number of aliphatic hydroxyl groups is 1. The minimum atomic E-state index is -0.506. The lowest BCUT2D eigenvalue weighted by Gasteiger charge is -2.36. The van der Waals surface area contributed by atoms with Crippen molar-refractivity contribution in [1.82, 2.24) is 14.7 Å². The zero-order valence-corrected chi connectivity index (χ0v) is 14.8. The average Bonchev–Trinajstić information content (AvgIpc) is 3.03. The van der Waals surface area contributed by atoms with E-state index < -0.39 is 6.10 Å². The van der Waals surface area contributed by atoms with Crippen molar-refractivity contribution in [2.24, 2.45) is 5.92 Å². The van der Waals surface area contributed by atoms with Gasteiger partial charge in [-0.3, -0.25) is 14.5 Å². The summed E-state index contributed by atoms with van der Waals surface area (Å²) < 4.78 is 0. The van der Waals surface area contributed by atoms with Crippen LogP contribution < -0.4 is 0 Å². The Bertz CT molecular complexity index is 599. The summed E-state index contributed by atoms with van der Waals surface area (Å²) in [5.41, 5.74) is 0.921. The van der Waals surface area contributed by atoms with Crippen molar-refractivity contribution in [2.75, 3.05) is 45.8 Å². The molecule has 2 amide bonds. The van der Waals surface area contributed by atoms with E-state index in [0.29, 0.717) is 39.1 Å². The second kappa shape index (κ2) is 7.97. The Labute approximate surface area is 149 Å². The minimum absolute atomic E-state index is 0.0884. The molecule has 1 N–H and O–H groups in total. The molecule has 3 rings (SSSR count). The van der Waals surface area contributed by atoms with Gasteiger partial charge in [-0.05, 0) is 12.5 Å². The van der Waals surface area contributed by atoms with Crippen LogP contribution in [0.1, 0.15) is 25.0 Å². The third-order valence-electron chi connectivity index (χ3n) is 5.24. The van der Waals surface area contributed by atoms with Gasteiger partial charge in [-0.15, -0.1) is 0 Å². The molecule has 0 aliphatic carbocycles. The van der Waals surface area contributed by atoms with E-state index in [9.17, 15) is 14.7 Å². The summed E-state index contributed by atoms with van der Waals surface area (Å²) in [6.07, 6.45) is -0.159. The maximum atomic E-state index is 12.6. The second-order valence-electron chi connectivity index (χ2n) is 6.89. The van der Waals surface area contributed by atoms with Crippen LogP contribution in [-0.4, -0.2) is 77.4 Å². The molecule has 1 aromatic carbocycles. The molecule has 0 saturated carbocycles. The molecule has 2 fully saturated rings. The van der Waals surface area contributed by atoms with Crippen LogP contribution in [0.3, 0.4) is 0 Å². The molecule has 2 saturated heterocycles. The van der Waals surface area contributed by atoms with E-state index in [2.05, 4.69) is 4.90 Å². The van der Waals surface area contributed by atoms with Gasteiger partial charge in [0.15, 0.2) is 0 Å². The summed E-state index contributed by atoms with van der Waals surface area (Å²) in [5.74, 6) is 0.00642. The van der Waals surface area contributed by atoms with Crippen LogP contribution >= 0.6 is 0 Å². The molecule has 136 valence electrons. The molecule has 2 heterocycles. The highest BCUT2D eigenvalue weighted by Gasteiger charge is 2.36. The van der Waals surface area contributed by atoms with Gasteiger partial charge in [0.05, 0.1) is 12.0 Å². The summed E-state index contributed by atoms with van der Waals surface area (Å²) in [6.45, 7) is 6.60. The summed E-state index contributed by atoms with van der Waals surface area (Å²) in [6, 6.07) is 9.66. The fourth-order valence-corrected chi connectivity index (χ4v) is 3.68. The summed E-state index contributed by atoms with van der Waals surface area (Å²) in [7, 11) is 0. The standard InChI is InChI=1S/C19H27N3O3/c1-2-21-13-16(12-18(21)24)19(25)22-10-8-20(9-11-22)14-17(23)15-6-4-3-5-7-15/h3-7,16-17,23H,2,8-14H2,1H3/t16-,17+/m1/s1. The Morgan fingerprint density at radius 2 is 1.88 bits per heavy atom. The van der Waals surface area contributed by atoms with Crippen LogP contribution in [0, 0.1) is 5.92 Å². The Hall–Kier alpha value is -1.92. The van der Waals surface area contributed by atoms with Gasteiger partial charge in [0.1, 0.15) is 0 Å². The number of piperazine rings is 1. The number of carbonyl (C=O) groups excluding carboxylic acids is 2. The van der Waals surface area contributed by atoms with Gasteiger partial charge in [0.2, 0.25) is 11.8 Å². The first kappa shape index (κ1) is 17.9. The lowest BCUT2D eigenvalue weighted by Crippen LogP contribution is -2.51. The summed E-state index contributed by atoms with van der Waals surface area (Å²) in [5, 5.41) is 10.3. The van der Waals surface area contributed by atoms with E-state index in [-0.39, 0.29) is 17.7 Å². The topological polar surface area (TPSA) is 64.1 Å². The van der Waals surface area contributed by atoms with Crippen molar-refractivity contribution in [2.45, 2.75) is 19.4 Å². The maximum absolute atomic E-state index is 12.6. The van der Waals surface area contributed by atoms with Crippen molar-refractivity contribution in [3.63, 3.8) is 0 Å². The largest absolute Gasteiger partial charge is 0.387 e. The molecule has 0 bridgehead atoms. The van der Waals surface area contributed by atoms with Crippen LogP contribution in [0.5, 0.6) is 0 Å². The van der Waals surface area contributed by atoms with Crippen molar-refractivity contribution >= 4 is 11.8 Å². The number of nitrogens with zero attached hydrogens (tertiary/aromatic N) is 3. The van der Waals surface area contributed by atoms with Crippen LogP contribution in [0.4, 0.5) is 0 Å². The van der Waals surface area contributed by atoms with Crippen LogP contribution in [0.25, 0.3) is 0 Å². The van der Waals surface area contributed by atoms with E-state index in [1.807, 2.05) is 42.2 Å². The highest BCUT2D eigenvalue weighted by atomic mass is 16.3. The number of rotatable bonds is 5. The number of benzene rings is 1. The van der Waals surface area contributed by atoms with Gasteiger partial charge in [-0.2, -0.15) is 0 Å². The highest BCUT2D eigenvalue weighted by molar-refractivity contribution is 5.89. The van der Waals surface area contributed by atoms with Crippen LogP contribution in [0.15, 0.2) is 30.3 Å². The zero-order valence-electron chi connectivity index (χ0n) is 14.8. The molecule has 6 heteroatoms. The first-order valence-corrected chi connectivity index (χ1v) is 9.10. The van der Waals surface area contributed by atoms with E-state index in [0.717, 1.165) is 18.7 Å². The van der Waals surface area contributed by atoms with Gasteiger partial charge >= 0.3 is 0 Å². The summed E-state index contributed by atoms with van der Waals surface area (Å²) in [4.78, 5) is 30.3. The van der Waals surface area contributed by atoms with Gasteiger partial charge < -0.3 is 14.9 Å². The maximum Gasteiger partial charge on any atom is 0.228 e. The molecular formula is C19H27N3O3. The first-order valence-electron chi connectivity index (χ1n) is 9.10. The Balaban J connectivity index is 1.47. The predicted octanol–water partition coefficient (Wildman–Crippen LogP) is 0.733. The molecule has 25 heavy (non-hydrogen) atoms. The van der Waals surface area contributed by atoms with Crippen molar-refractivity contribution in [3.8, 4) is 0 Å². The van der Waals surface area contributed by atoms with Gasteiger partial charge in [-0.25, -0.2) is 0 Å². The first-order chi connectivity index (χ1) is 12.1. The minimum Gasteiger partial charge on any atom is -0.387 e. The average molecular weight is 345 g/mol. The molecular weight excluding hydrogens is 318 g/mol. The molecule has 0 unspecified atom stereocenters. The third-order valence-corrected chi connectivity index (χ3v) is 5.24. The van der Waals surface area contributed by atoms with E-state index in [1.54, 1.807) is 4.90 Å². The fourth-order valence-electron chi connectivity index (χ4n) is 3.68. The van der Waals surface area contributed by atoms with Crippen molar-refractivity contribution in [1.29, 1.82) is 0 Å². The number of carbonyl (C=O) groups is 2. The zero-order chi connectivity index (χ0) is 17.8. The second-order valence-corrected chi connectivity index (χ2v) is 6.89. The van der Waals surface area contributed by atoms with Crippen LogP contribution in [0.2, 0.25) is 0 Å². The van der Waals surface area contributed by atoms with Gasteiger partial charge in [-0.1, -0.05) is 30.3 Å². The third kappa shape index (κ3) is 4.19. The Kier molecular flexibility index (Phi) is 5.71. The summed E-state index contributed by atoms with van der Waals surface area (Å²) >= 11 is 0. The van der Waals surface area contributed by atoms with Crippen molar-refractivity contribution < 1.29 is 14.7 Å². The molecule has 1 aromatic rings. The highest BCUT2D eigenvalue weighted by Crippen LogP contribution is 2.21. The van der Waals surface area contributed by atoms with E-state index in [4.69, 9.17) is 0 Å². The smallest absolute Gasteiger partial charge is 0.228 e. The predicted molar refractivity (Wildman–Crippen MR) is 94.8 cm³/mol. The van der Waals surface area contributed by atoms with E-state index in [1.165, 1.54) is 0 Å². The molecule has 2 atom stereocenters. The van der Waals surface area contributed by atoms with Crippen LogP contribution in [-0.2, 0) is 9.59 Å². The molecule has 0 aromatic heterocycles. The number of aliphatic hydroxyl groups excluding tert-OH is 1. The lowest BCUT2D eigenvalue weighted by molar-refractivity contribution is -0.137. The number of hydrogen-bond donors (Lipinski definition) is 1. The molecule has 6 nitrogen and oxygen atoms in total. The lowest BCUT2D eigenvalue weighted by atomic mass is 10.1. The Morgan fingerprint density at radius 3 is 2.48 bits per heavy atom.